The van der Waals surface area contributed by atoms with Crippen LogP contribution in [-0.4, -0.2) is 9.55 Å². The number of aromatic nitrogens is 2. The lowest BCUT2D eigenvalue weighted by Gasteiger charge is -2.17. The summed E-state index contributed by atoms with van der Waals surface area (Å²) in [5.74, 6) is 0.410. The van der Waals surface area contributed by atoms with E-state index in [2.05, 4.69) is 9.55 Å². The fraction of sp³-hybridized carbons (Fsp3) is 0.500. The molecule has 0 radical (unpaired) electrons. The van der Waals surface area contributed by atoms with Gasteiger partial charge >= 0.3 is 0 Å². The predicted octanol–water partition coefficient (Wildman–Crippen LogP) is 5.24. The van der Waals surface area contributed by atoms with Crippen molar-refractivity contribution in [2.24, 2.45) is 0 Å². The van der Waals surface area contributed by atoms with Crippen molar-refractivity contribution >= 4 is 34.2 Å². The molecule has 1 aliphatic carbocycles. The van der Waals surface area contributed by atoms with Gasteiger partial charge in [0.15, 0.2) is 0 Å². The molecule has 0 spiro atoms. The zero-order chi connectivity index (χ0) is 13.6. The lowest BCUT2D eigenvalue weighted by Crippen LogP contribution is -2.09. The van der Waals surface area contributed by atoms with Crippen LogP contribution < -0.4 is 0 Å². The minimum Gasteiger partial charge on any atom is -0.324 e. The molecule has 0 bridgehead atoms. The summed E-state index contributed by atoms with van der Waals surface area (Å²) in [6.07, 6.45) is 4.62. The second-order valence-corrected chi connectivity index (χ2v) is 6.21. The molecule has 19 heavy (non-hydrogen) atoms. The number of rotatable bonds is 2. The summed E-state index contributed by atoms with van der Waals surface area (Å²) in [4.78, 5) is 4.54. The van der Waals surface area contributed by atoms with Gasteiger partial charge < -0.3 is 4.57 Å². The molecule has 1 saturated carbocycles. The maximum atomic E-state index is 13.7. The second kappa shape index (κ2) is 4.95. The standard InChI is InChI=1S/C14H15Cl2FN2/c1-8(15)14-18-12-6-10(16)11(17)7-13(12)19(14)9-4-2-3-5-9/h6-9H,2-5H2,1H3. The van der Waals surface area contributed by atoms with Crippen LogP contribution in [0, 0.1) is 5.82 Å². The fourth-order valence-corrected chi connectivity index (χ4v) is 3.25. The van der Waals surface area contributed by atoms with Crippen LogP contribution in [0.4, 0.5) is 4.39 Å². The van der Waals surface area contributed by atoms with Gasteiger partial charge in [0.25, 0.3) is 0 Å². The molecular weight excluding hydrogens is 286 g/mol. The minimum atomic E-state index is -0.401. The van der Waals surface area contributed by atoms with E-state index in [-0.39, 0.29) is 10.4 Å². The first-order valence-electron chi connectivity index (χ1n) is 6.59. The predicted molar refractivity (Wildman–Crippen MR) is 76.5 cm³/mol. The van der Waals surface area contributed by atoms with Crippen LogP contribution in [0.25, 0.3) is 11.0 Å². The molecule has 1 heterocycles. The minimum absolute atomic E-state index is 0.109. The van der Waals surface area contributed by atoms with Crippen molar-refractivity contribution in [1.82, 2.24) is 9.55 Å². The van der Waals surface area contributed by atoms with Gasteiger partial charge in [-0.05, 0) is 25.8 Å². The molecule has 1 aromatic heterocycles. The summed E-state index contributed by atoms with van der Waals surface area (Å²) in [5.41, 5.74) is 1.53. The molecule has 1 aromatic carbocycles. The van der Waals surface area contributed by atoms with Crippen molar-refractivity contribution in [2.45, 2.75) is 44.0 Å². The number of alkyl halides is 1. The number of fused-ring (bicyclic) bond motifs is 1. The third-order valence-corrected chi connectivity index (χ3v) is 4.29. The second-order valence-electron chi connectivity index (χ2n) is 5.15. The van der Waals surface area contributed by atoms with Gasteiger partial charge in [0, 0.05) is 12.1 Å². The number of nitrogens with zero attached hydrogens (tertiary/aromatic N) is 2. The lowest BCUT2D eigenvalue weighted by molar-refractivity contribution is 0.509. The van der Waals surface area contributed by atoms with Gasteiger partial charge in [0.2, 0.25) is 0 Å². The highest BCUT2D eigenvalue weighted by atomic mass is 35.5. The third kappa shape index (κ3) is 2.23. The van der Waals surface area contributed by atoms with Gasteiger partial charge in [0.05, 0.1) is 21.4 Å². The van der Waals surface area contributed by atoms with E-state index in [9.17, 15) is 4.39 Å². The molecule has 0 amide bonds. The average Bonchev–Trinajstić information content (AvgIpc) is 2.96. The maximum absolute atomic E-state index is 13.7. The van der Waals surface area contributed by atoms with Crippen LogP contribution >= 0.6 is 23.2 Å². The maximum Gasteiger partial charge on any atom is 0.144 e. The molecular formula is C14H15Cl2FN2. The van der Waals surface area contributed by atoms with Crippen LogP contribution in [0.3, 0.4) is 0 Å². The third-order valence-electron chi connectivity index (χ3n) is 3.80. The molecule has 1 unspecified atom stereocenters. The van der Waals surface area contributed by atoms with Crippen LogP contribution in [-0.2, 0) is 0 Å². The van der Waals surface area contributed by atoms with Crippen molar-refractivity contribution < 1.29 is 4.39 Å². The Morgan fingerprint density at radius 3 is 2.68 bits per heavy atom. The largest absolute Gasteiger partial charge is 0.324 e. The molecule has 2 nitrogen and oxygen atoms in total. The quantitative estimate of drug-likeness (QED) is 0.693. The summed E-state index contributed by atoms with van der Waals surface area (Å²) in [6.45, 7) is 1.90. The van der Waals surface area contributed by atoms with E-state index >= 15 is 0 Å². The van der Waals surface area contributed by atoms with E-state index < -0.39 is 5.82 Å². The van der Waals surface area contributed by atoms with Gasteiger partial charge in [-0.15, -0.1) is 11.6 Å². The first-order chi connectivity index (χ1) is 9.08. The highest BCUT2D eigenvalue weighted by Gasteiger charge is 2.25. The summed E-state index contributed by atoms with van der Waals surface area (Å²) < 4.78 is 15.8. The van der Waals surface area contributed by atoms with E-state index in [1.54, 1.807) is 6.07 Å². The molecule has 1 aliphatic rings. The highest BCUT2D eigenvalue weighted by molar-refractivity contribution is 6.31. The van der Waals surface area contributed by atoms with Gasteiger partial charge in [-0.2, -0.15) is 0 Å². The summed E-state index contributed by atoms with van der Waals surface area (Å²) in [7, 11) is 0. The van der Waals surface area contributed by atoms with E-state index in [0.29, 0.717) is 6.04 Å². The first-order valence-corrected chi connectivity index (χ1v) is 7.40. The Morgan fingerprint density at radius 1 is 1.37 bits per heavy atom. The molecule has 1 fully saturated rings. The van der Waals surface area contributed by atoms with Crippen LogP contribution in [0.15, 0.2) is 12.1 Å². The summed E-state index contributed by atoms with van der Waals surface area (Å²) in [5, 5.41) is -0.0906. The van der Waals surface area contributed by atoms with Crippen LogP contribution in [0.1, 0.15) is 49.9 Å². The Balaban J connectivity index is 2.25. The molecule has 0 N–H and O–H groups in total. The normalized spacial score (nSPS) is 18.3. The molecule has 102 valence electrons. The van der Waals surface area contributed by atoms with E-state index in [4.69, 9.17) is 23.2 Å². The Bertz CT molecular complexity index is 615. The van der Waals surface area contributed by atoms with Crippen molar-refractivity contribution in [2.75, 3.05) is 0 Å². The average molecular weight is 301 g/mol. The van der Waals surface area contributed by atoms with Crippen LogP contribution in [0.5, 0.6) is 0 Å². The smallest absolute Gasteiger partial charge is 0.144 e. The monoisotopic (exact) mass is 300 g/mol. The molecule has 0 saturated heterocycles. The fourth-order valence-electron chi connectivity index (χ4n) is 2.94. The number of benzene rings is 1. The Hall–Kier alpha value is -0.800. The Kier molecular flexibility index (Phi) is 3.44. The zero-order valence-electron chi connectivity index (χ0n) is 10.7. The molecule has 0 aliphatic heterocycles. The summed E-state index contributed by atoms with van der Waals surface area (Å²) >= 11 is 12.1. The number of hydrogen-bond acceptors (Lipinski definition) is 1. The van der Waals surface area contributed by atoms with Gasteiger partial charge in [0.1, 0.15) is 11.6 Å². The van der Waals surface area contributed by atoms with E-state index in [1.807, 2.05) is 6.92 Å². The lowest BCUT2D eigenvalue weighted by atomic mass is 10.2. The molecule has 5 heteroatoms. The topological polar surface area (TPSA) is 17.8 Å². The van der Waals surface area contributed by atoms with Gasteiger partial charge in [-0.3, -0.25) is 0 Å². The zero-order valence-corrected chi connectivity index (χ0v) is 12.2. The Labute approximate surface area is 121 Å². The SMILES string of the molecule is CC(Cl)c1nc2cc(Cl)c(F)cc2n1C1CCCC1. The highest BCUT2D eigenvalue weighted by Crippen LogP contribution is 2.37. The van der Waals surface area contributed by atoms with Crippen molar-refractivity contribution in [3.05, 3.63) is 28.8 Å². The Morgan fingerprint density at radius 2 is 2.05 bits per heavy atom. The van der Waals surface area contributed by atoms with E-state index in [0.717, 1.165) is 29.7 Å². The molecule has 1 atom stereocenters. The number of halogens is 3. The van der Waals surface area contributed by atoms with Crippen molar-refractivity contribution in [3.8, 4) is 0 Å². The van der Waals surface area contributed by atoms with Crippen molar-refractivity contribution in [3.63, 3.8) is 0 Å². The number of imidazole rings is 1. The molecule has 3 rings (SSSR count). The first kappa shape index (κ1) is 13.2. The van der Waals surface area contributed by atoms with Crippen LogP contribution in [0.2, 0.25) is 5.02 Å². The summed E-state index contributed by atoms with van der Waals surface area (Å²) in [6, 6.07) is 3.44. The van der Waals surface area contributed by atoms with Gasteiger partial charge in [-0.1, -0.05) is 24.4 Å². The van der Waals surface area contributed by atoms with Gasteiger partial charge in [-0.25, -0.2) is 9.37 Å². The molecule has 2 aromatic rings. The van der Waals surface area contributed by atoms with E-state index in [1.165, 1.54) is 18.9 Å². The van der Waals surface area contributed by atoms with Crippen molar-refractivity contribution in [1.29, 1.82) is 0 Å². The number of hydrogen-bond donors (Lipinski definition) is 0.